The Labute approximate surface area is 134 Å². The van der Waals surface area contributed by atoms with Crippen molar-refractivity contribution in [2.45, 2.75) is 17.6 Å². The van der Waals surface area contributed by atoms with Crippen molar-refractivity contribution >= 4 is 0 Å². The van der Waals surface area contributed by atoms with Gasteiger partial charge in [0.25, 0.3) is 5.54 Å². The summed E-state index contributed by atoms with van der Waals surface area (Å²) < 4.78 is 6.18. The van der Waals surface area contributed by atoms with Crippen LogP contribution in [0.2, 0.25) is 0 Å². The summed E-state index contributed by atoms with van der Waals surface area (Å²) in [6.07, 6.45) is -0.580. The van der Waals surface area contributed by atoms with Gasteiger partial charge in [-0.1, -0.05) is 48.5 Å². The standard InChI is InChI=1S/C18H18N2O3/c1-19-11-15-14-9-5-6-10-16(14)23-17(13-7-3-2-4-8-13)18(15,12-19)20(21)22/h2-10,15,17H,11-12H2,1H3/t15-,17+,18+/m1/s1. The van der Waals surface area contributed by atoms with Crippen LogP contribution in [-0.4, -0.2) is 35.5 Å². The zero-order valence-electron chi connectivity index (χ0n) is 12.9. The highest BCUT2D eigenvalue weighted by atomic mass is 16.6. The van der Waals surface area contributed by atoms with Crippen molar-refractivity contribution in [1.82, 2.24) is 4.90 Å². The number of nitro groups is 1. The zero-order chi connectivity index (χ0) is 16.0. The number of hydrogen-bond acceptors (Lipinski definition) is 4. The normalized spacial score (nSPS) is 29.4. The molecule has 1 saturated heterocycles. The van der Waals surface area contributed by atoms with E-state index in [0.29, 0.717) is 13.1 Å². The van der Waals surface area contributed by atoms with E-state index in [2.05, 4.69) is 0 Å². The maximum absolute atomic E-state index is 12.2. The molecule has 0 radical (unpaired) electrons. The molecule has 4 rings (SSSR count). The molecule has 0 amide bonds. The molecule has 0 aromatic heterocycles. The number of nitrogens with zero attached hydrogens (tertiary/aromatic N) is 2. The van der Waals surface area contributed by atoms with E-state index in [1.165, 1.54) is 0 Å². The summed E-state index contributed by atoms with van der Waals surface area (Å²) in [4.78, 5) is 14.1. The Morgan fingerprint density at radius 3 is 2.61 bits per heavy atom. The Morgan fingerprint density at radius 1 is 1.17 bits per heavy atom. The van der Waals surface area contributed by atoms with Gasteiger partial charge in [0.15, 0.2) is 6.10 Å². The lowest BCUT2D eigenvalue weighted by atomic mass is 9.74. The number of ether oxygens (including phenoxy) is 1. The predicted octanol–water partition coefficient (Wildman–Crippen LogP) is 2.86. The van der Waals surface area contributed by atoms with Crippen molar-refractivity contribution in [3.8, 4) is 5.75 Å². The Kier molecular flexibility index (Phi) is 3.13. The van der Waals surface area contributed by atoms with Gasteiger partial charge in [0.05, 0.1) is 12.5 Å². The van der Waals surface area contributed by atoms with Gasteiger partial charge in [0, 0.05) is 17.0 Å². The maximum Gasteiger partial charge on any atom is 0.282 e. The van der Waals surface area contributed by atoms with Gasteiger partial charge >= 0.3 is 0 Å². The molecule has 2 aromatic carbocycles. The summed E-state index contributed by atoms with van der Waals surface area (Å²) in [6, 6.07) is 17.3. The molecule has 0 saturated carbocycles. The first kappa shape index (κ1) is 14.2. The third kappa shape index (κ3) is 1.96. The molecule has 0 spiro atoms. The highest BCUT2D eigenvalue weighted by Crippen LogP contribution is 2.53. The van der Waals surface area contributed by atoms with E-state index < -0.39 is 11.6 Å². The van der Waals surface area contributed by atoms with E-state index in [-0.39, 0.29) is 10.8 Å². The Morgan fingerprint density at radius 2 is 1.87 bits per heavy atom. The summed E-state index contributed by atoms with van der Waals surface area (Å²) in [5.41, 5.74) is 0.657. The molecule has 2 heterocycles. The van der Waals surface area contributed by atoms with E-state index in [4.69, 9.17) is 4.74 Å². The van der Waals surface area contributed by atoms with Crippen LogP contribution in [0.1, 0.15) is 23.1 Å². The molecule has 0 unspecified atom stereocenters. The van der Waals surface area contributed by atoms with Gasteiger partial charge in [-0.3, -0.25) is 15.0 Å². The number of rotatable bonds is 2. The molecule has 1 fully saturated rings. The fourth-order valence-corrected chi connectivity index (χ4v) is 4.08. The van der Waals surface area contributed by atoms with Crippen molar-refractivity contribution in [3.63, 3.8) is 0 Å². The molecule has 23 heavy (non-hydrogen) atoms. The quantitative estimate of drug-likeness (QED) is 0.632. The van der Waals surface area contributed by atoms with Crippen molar-refractivity contribution < 1.29 is 9.66 Å². The van der Waals surface area contributed by atoms with Gasteiger partial charge in [-0.25, -0.2) is 0 Å². The molecule has 2 aromatic rings. The van der Waals surface area contributed by atoms with E-state index in [1.54, 1.807) is 0 Å². The third-order valence-corrected chi connectivity index (χ3v) is 5.06. The van der Waals surface area contributed by atoms with E-state index in [9.17, 15) is 10.1 Å². The molecule has 0 bridgehead atoms. The number of likely N-dealkylation sites (N-methyl/N-ethyl adjacent to an activating group) is 1. The molecular formula is C18H18N2O3. The van der Waals surface area contributed by atoms with Gasteiger partial charge in [0.1, 0.15) is 5.75 Å². The summed E-state index contributed by atoms with van der Waals surface area (Å²) in [5.74, 6) is 0.594. The highest BCUT2D eigenvalue weighted by molar-refractivity contribution is 5.44. The maximum atomic E-state index is 12.2. The van der Waals surface area contributed by atoms with E-state index in [1.807, 2.05) is 66.5 Å². The summed E-state index contributed by atoms with van der Waals surface area (Å²) in [6.45, 7) is 1.06. The molecule has 2 aliphatic rings. The fourth-order valence-electron chi connectivity index (χ4n) is 4.08. The van der Waals surface area contributed by atoms with Gasteiger partial charge in [-0.2, -0.15) is 0 Å². The lowest BCUT2D eigenvalue weighted by Gasteiger charge is -2.39. The molecule has 118 valence electrons. The van der Waals surface area contributed by atoms with Crippen molar-refractivity contribution in [2.75, 3.05) is 20.1 Å². The third-order valence-electron chi connectivity index (χ3n) is 5.06. The fraction of sp³-hybridized carbons (Fsp3) is 0.333. The van der Waals surface area contributed by atoms with E-state index in [0.717, 1.165) is 16.9 Å². The van der Waals surface area contributed by atoms with Gasteiger partial charge in [-0.05, 0) is 18.7 Å². The highest BCUT2D eigenvalue weighted by Gasteiger charge is 2.66. The van der Waals surface area contributed by atoms with Crippen LogP contribution in [0.4, 0.5) is 0 Å². The van der Waals surface area contributed by atoms with Gasteiger partial charge in [-0.15, -0.1) is 0 Å². The molecular weight excluding hydrogens is 292 g/mol. The minimum absolute atomic E-state index is 0.116. The lowest BCUT2D eigenvalue weighted by molar-refractivity contribution is -0.583. The van der Waals surface area contributed by atoms with Crippen LogP contribution in [-0.2, 0) is 0 Å². The Balaban J connectivity index is 1.93. The van der Waals surface area contributed by atoms with E-state index >= 15 is 0 Å². The summed E-state index contributed by atoms with van der Waals surface area (Å²) in [7, 11) is 1.94. The SMILES string of the molecule is CN1C[C@@H]2c3ccccc3O[C@@H](c3ccccc3)[C@]2([N+](=O)[O-])C1. The Hall–Kier alpha value is -2.40. The molecule has 5 nitrogen and oxygen atoms in total. The van der Waals surface area contributed by atoms with Gasteiger partial charge < -0.3 is 4.74 Å². The van der Waals surface area contributed by atoms with Crippen LogP contribution >= 0.6 is 0 Å². The van der Waals surface area contributed by atoms with Crippen LogP contribution in [0.3, 0.4) is 0 Å². The topological polar surface area (TPSA) is 55.6 Å². The monoisotopic (exact) mass is 310 g/mol. The first-order valence-corrected chi connectivity index (χ1v) is 7.76. The lowest BCUT2D eigenvalue weighted by Crippen LogP contribution is -2.54. The van der Waals surface area contributed by atoms with Crippen molar-refractivity contribution in [1.29, 1.82) is 0 Å². The van der Waals surface area contributed by atoms with Crippen molar-refractivity contribution in [2.24, 2.45) is 0 Å². The van der Waals surface area contributed by atoms with Crippen LogP contribution in [0, 0.1) is 10.1 Å². The van der Waals surface area contributed by atoms with Crippen LogP contribution in [0.25, 0.3) is 0 Å². The summed E-state index contributed by atoms with van der Waals surface area (Å²) >= 11 is 0. The largest absolute Gasteiger partial charge is 0.478 e. The van der Waals surface area contributed by atoms with Crippen LogP contribution in [0.5, 0.6) is 5.75 Å². The van der Waals surface area contributed by atoms with Crippen LogP contribution in [0.15, 0.2) is 54.6 Å². The first-order chi connectivity index (χ1) is 11.1. The number of likely N-dealkylation sites (tertiary alicyclic amines) is 1. The number of fused-ring (bicyclic) bond motifs is 3. The molecule has 2 aliphatic heterocycles. The molecule has 5 heteroatoms. The minimum atomic E-state index is -1.15. The number of hydrogen-bond donors (Lipinski definition) is 0. The second kappa shape index (κ2) is 5.06. The van der Waals surface area contributed by atoms with Crippen molar-refractivity contribution in [3.05, 3.63) is 75.8 Å². The average Bonchev–Trinajstić information content (AvgIpc) is 2.93. The second-order valence-electron chi connectivity index (χ2n) is 6.44. The average molecular weight is 310 g/mol. The molecule has 0 N–H and O–H groups in total. The first-order valence-electron chi connectivity index (χ1n) is 7.76. The van der Waals surface area contributed by atoms with Gasteiger partial charge in [0.2, 0.25) is 0 Å². The van der Waals surface area contributed by atoms with Crippen LogP contribution < -0.4 is 4.74 Å². The zero-order valence-corrected chi connectivity index (χ0v) is 12.9. The number of benzene rings is 2. The smallest absolute Gasteiger partial charge is 0.282 e. The second-order valence-corrected chi connectivity index (χ2v) is 6.44. The summed E-state index contributed by atoms with van der Waals surface area (Å²) in [5, 5.41) is 12.2. The Bertz CT molecular complexity index is 749. The minimum Gasteiger partial charge on any atom is -0.478 e. The predicted molar refractivity (Wildman–Crippen MR) is 86.2 cm³/mol. The number of para-hydroxylation sites is 1. The molecule has 3 atom stereocenters. The molecule has 0 aliphatic carbocycles.